The number of fused-ring (bicyclic) bond motifs is 1. The minimum Gasteiger partial charge on any atom is -0.361 e. The highest BCUT2D eigenvalue weighted by atomic mass is 16.5. The van der Waals surface area contributed by atoms with Crippen molar-refractivity contribution in [3.63, 3.8) is 0 Å². The molecule has 2 N–H and O–H groups in total. The molecular weight excluding hydrogens is 312 g/mol. The van der Waals surface area contributed by atoms with Crippen molar-refractivity contribution in [1.82, 2.24) is 20.3 Å². The van der Waals surface area contributed by atoms with Crippen LogP contribution >= 0.6 is 0 Å². The molecule has 1 amide bonds. The number of nitrogens with one attached hydrogen (secondary N) is 2. The fourth-order valence-corrected chi connectivity index (χ4v) is 2.58. The predicted molar refractivity (Wildman–Crippen MR) is 87.1 cm³/mol. The number of hydrogen-bond donors (Lipinski definition) is 2. The van der Waals surface area contributed by atoms with E-state index in [1.54, 1.807) is 38.1 Å². The molecule has 2 aromatic heterocycles. The van der Waals surface area contributed by atoms with E-state index in [4.69, 9.17) is 4.52 Å². The highest BCUT2D eigenvalue weighted by Crippen LogP contribution is 2.11. The van der Waals surface area contributed by atoms with Crippen LogP contribution in [0.4, 0.5) is 0 Å². The number of aromatic nitrogens is 3. The van der Waals surface area contributed by atoms with Crippen molar-refractivity contribution in [1.29, 1.82) is 0 Å². The van der Waals surface area contributed by atoms with Gasteiger partial charge in [0.05, 0.1) is 23.0 Å². The zero-order chi connectivity index (χ0) is 17.3. The van der Waals surface area contributed by atoms with Crippen LogP contribution in [0.1, 0.15) is 21.8 Å². The largest absolute Gasteiger partial charge is 0.361 e. The Morgan fingerprint density at radius 1 is 1.25 bits per heavy atom. The summed E-state index contributed by atoms with van der Waals surface area (Å²) in [5.41, 5.74) is 0.231. The first-order valence-electron chi connectivity index (χ1n) is 7.42. The Kier molecular flexibility index (Phi) is 4.03. The Balaban J connectivity index is 1.77. The van der Waals surface area contributed by atoms with Crippen molar-refractivity contribution in [2.24, 2.45) is 0 Å². The van der Waals surface area contributed by atoms with Crippen LogP contribution in [0.25, 0.3) is 10.8 Å². The second-order valence-electron chi connectivity index (χ2n) is 5.40. The number of H-pyrrole nitrogens is 1. The van der Waals surface area contributed by atoms with Gasteiger partial charge in [-0.25, -0.2) is 4.68 Å². The number of rotatable bonds is 4. The summed E-state index contributed by atoms with van der Waals surface area (Å²) in [5.74, 6) is 0.101. The van der Waals surface area contributed by atoms with Crippen molar-refractivity contribution in [3.05, 3.63) is 62.0 Å². The molecule has 0 saturated heterocycles. The molecular formula is C16H16N4O4. The summed E-state index contributed by atoms with van der Waals surface area (Å²) in [7, 11) is 0. The number of carbonyl (C=O) groups excluding carboxylic acids is 1. The summed E-state index contributed by atoms with van der Waals surface area (Å²) in [6.45, 7) is 3.65. The molecule has 0 aliphatic rings. The van der Waals surface area contributed by atoms with Crippen LogP contribution in [0.3, 0.4) is 0 Å². The van der Waals surface area contributed by atoms with Gasteiger partial charge in [-0.05, 0) is 26.0 Å². The molecule has 1 aromatic carbocycles. The van der Waals surface area contributed by atoms with Crippen molar-refractivity contribution in [2.75, 3.05) is 6.54 Å². The Bertz CT molecular complexity index is 1010. The summed E-state index contributed by atoms with van der Waals surface area (Å²) < 4.78 is 6.14. The van der Waals surface area contributed by atoms with Gasteiger partial charge in [0.1, 0.15) is 11.3 Å². The second-order valence-corrected chi connectivity index (χ2v) is 5.40. The van der Waals surface area contributed by atoms with Gasteiger partial charge < -0.3 is 9.84 Å². The lowest BCUT2D eigenvalue weighted by Crippen LogP contribution is -2.35. The molecule has 0 aliphatic carbocycles. The maximum absolute atomic E-state index is 12.3. The monoisotopic (exact) mass is 328 g/mol. The van der Waals surface area contributed by atoms with E-state index in [1.165, 1.54) is 4.68 Å². The van der Waals surface area contributed by atoms with Gasteiger partial charge in [-0.15, -0.1) is 0 Å². The van der Waals surface area contributed by atoms with Crippen molar-refractivity contribution in [3.8, 4) is 0 Å². The Morgan fingerprint density at radius 2 is 1.96 bits per heavy atom. The van der Waals surface area contributed by atoms with E-state index in [0.29, 0.717) is 27.8 Å². The summed E-state index contributed by atoms with van der Waals surface area (Å²) in [5, 5.41) is 9.62. The number of aryl methyl sites for hydroxylation is 2. The molecule has 8 nitrogen and oxygen atoms in total. The number of hydrogen-bond acceptors (Lipinski definition) is 5. The average molecular weight is 328 g/mol. The number of aromatic amines is 1. The van der Waals surface area contributed by atoms with E-state index in [0.717, 1.165) is 0 Å². The van der Waals surface area contributed by atoms with E-state index in [1.807, 2.05) is 0 Å². The summed E-state index contributed by atoms with van der Waals surface area (Å²) in [6.07, 6.45) is 0. The fraction of sp³-hybridized carbons (Fsp3) is 0.250. The third-order valence-electron chi connectivity index (χ3n) is 3.77. The van der Waals surface area contributed by atoms with E-state index >= 15 is 0 Å². The molecule has 2 heterocycles. The second kappa shape index (κ2) is 6.15. The van der Waals surface area contributed by atoms with Crippen LogP contribution in [-0.4, -0.2) is 27.4 Å². The summed E-state index contributed by atoms with van der Waals surface area (Å²) >= 11 is 0. The summed E-state index contributed by atoms with van der Waals surface area (Å²) in [4.78, 5) is 36.5. The highest BCUT2D eigenvalue weighted by molar-refractivity contribution is 5.96. The van der Waals surface area contributed by atoms with E-state index in [9.17, 15) is 14.4 Å². The molecule has 0 fully saturated rings. The molecule has 8 heteroatoms. The van der Waals surface area contributed by atoms with Crippen molar-refractivity contribution >= 4 is 16.7 Å². The molecule has 3 rings (SSSR count). The Labute approximate surface area is 136 Å². The maximum Gasteiger partial charge on any atom is 0.273 e. The van der Waals surface area contributed by atoms with Crippen LogP contribution in [0.15, 0.2) is 38.4 Å². The average Bonchev–Trinajstić information content (AvgIpc) is 2.91. The smallest absolute Gasteiger partial charge is 0.273 e. The third kappa shape index (κ3) is 2.73. The molecule has 0 unspecified atom stereocenters. The number of carbonyl (C=O) groups is 1. The SMILES string of the molecule is Cc1noc(C)c1C(=O)NCCn1[nH]c(=O)c2ccccc2c1=O. The molecule has 0 radical (unpaired) electrons. The quantitative estimate of drug-likeness (QED) is 0.733. The van der Waals surface area contributed by atoms with Crippen LogP contribution < -0.4 is 16.4 Å². The zero-order valence-corrected chi connectivity index (χ0v) is 13.3. The number of nitrogens with zero attached hydrogens (tertiary/aromatic N) is 2. The van der Waals surface area contributed by atoms with E-state index < -0.39 is 0 Å². The van der Waals surface area contributed by atoms with Gasteiger partial charge in [-0.2, -0.15) is 0 Å². The zero-order valence-electron chi connectivity index (χ0n) is 13.3. The van der Waals surface area contributed by atoms with Crippen LogP contribution in [0, 0.1) is 13.8 Å². The van der Waals surface area contributed by atoms with Crippen molar-refractivity contribution < 1.29 is 9.32 Å². The lowest BCUT2D eigenvalue weighted by molar-refractivity contribution is 0.0949. The molecule has 3 aromatic rings. The van der Waals surface area contributed by atoms with Gasteiger partial charge in [0, 0.05) is 6.54 Å². The fourth-order valence-electron chi connectivity index (χ4n) is 2.58. The first-order chi connectivity index (χ1) is 11.5. The van der Waals surface area contributed by atoms with Gasteiger partial charge in [0.2, 0.25) is 0 Å². The number of benzene rings is 1. The highest BCUT2D eigenvalue weighted by Gasteiger charge is 2.17. The normalized spacial score (nSPS) is 10.9. The molecule has 24 heavy (non-hydrogen) atoms. The van der Waals surface area contributed by atoms with E-state index in [-0.39, 0.29) is 30.1 Å². The topological polar surface area (TPSA) is 110 Å². The first kappa shape index (κ1) is 15.7. The molecule has 0 aliphatic heterocycles. The lowest BCUT2D eigenvalue weighted by Gasteiger charge is -2.08. The van der Waals surface area contributed by atoms with Gasteiger partial charge in [0.15, 0.2) is 0 Å². The Hall–Kier alpha value is -3.16. The van der Waals surface area contributed by atoms with Crippen LogP contribution in [0.5, 0.6) is 0 Å². The molecule has 124 valence electrons. The maximum atomic E-state index is 12.3. The predicted octanol–water partition coefficient (Wildman–Crippen LogP) is 0.725. The van der Waals surface area contributed by atoms with Gasteiger partial charge in [-0.1, -0.05) is 17.3 Å². The van der Waals surface area contributed by atoms with Gasteiger partial charge in [-0.3, -0.25) is 19.5 Å². The van der Waals surface area contributed by atoms with Crippen LogP contribution in [0.2, 0.25) is 0 Å². The molecule has 0 atom stereocenters. The first-order valence-corrected chi connectivity index (χ1v) is 7.42. The molecule has 0 saturated carbocycles. The standard InChI is InChI=1S/C16H16N4O4/c1-9-13(10(2)24-19-9)15(22)17-7-8-20-16(23)12-6-4-3-5-11(12)14(21)18-20/h3-6H,7-8H2,1-2H3,(H,17,22)(H,18,21). The van der Waals surface area contributed by atoms with Gasteiger partial charge in [0.25, 0.3) is 17.0 Å². The minimum absolute atomic E-state index is 0.147. The van der Waals surface area contributed by atoms with Crippen LogP contribution in [-0.2, 0) is 6.54 Å². The molecule has 0 bridgehead atoms. The number of amides is 1. The minimum atomic E-state index is -0.345. The molecule has 0 spiro atoms. The van der Waals surface area contributed by atoms with Crippen molar-refractivity contribution in [2.45, 2.75) is 20.4 Å². The van der Waals surface area contributed by atoms with Gasteiger partial charge >= 0.3 is 0 Å². The summed E-state index contributed by atoms with van der Waals surface area (Å²) in [6, 6.07) is 6.60. The Morgan fingerprint density at radius 3 is 2.62 bits per heavy atom. The van der Waals surface area contributed by atoms with E-state index in [2.05, 4.69) is 15.6 Å². The third-order valence-corrected chi connectivity index (χ3v) is 3.77. The lowest BCUT2D eigenvalue weighted by atomic mass is 10.2.